The predicted molar refractivity (Wildman–Crippen MR) is 270 cm³/mol. The van der Waals surface area contributed by atoms with E-state index in [-0.39, 0.29) is 26.1 Å². The Morgan fingerprint density at radius 1 is 0.516 bits per heavy atom. The van der Waals surface area contributed by atoms with Gasteiger partial charge in [0.25, 0.3) is 0 Å². The van der Waals surface area contributed by atoms with Gasteiger partial charge in [0.05, 0.1) is 34.2 Å². The van der Waals surface area contributed by atoms with Crippen molar-refractivity contribution < 1.29 is 42.1 Å². The van der Waals surface area contributed by atoms with Gasteiger partial charge in [0.15, 0.2) is 6.10 Å². The van der Waals surface area contributed by atoms with E-state index in [0.29, 0.717) is 17.4 Å². The number of carbonyl (C=O) groups excluding carboxylic acids is 2. The van der Waals surface area contributed by atoms with Crippen molar-refractivity contribution in [3.63, 3.8) is 0 Å². The molecule has 2 unspecified atom stereocenters. The quantitative estimate of drug-likeness (QED) is 0.0212. The van der Waals surface area contributed by atoms with E-state index >= 15 is 0 Å². The molecule has 0 saturated carbocycles. The number of phosphoric acid groups is 1. The predicted octanol–water partition coefficient (Wildman–Crippen LogP) is 15.1. The molecule has 0 aliphatic carbocycles. The first-order valence-corrected chi connectivity index (χ1v) is 26.8. The third-order valence-corrected chi connectivity index (χ3v) is 11.4. The third-order valence-electron chi connectivity index (χ3n) is 10.4. The van der Waals surface area contributed by atoms with Crippen molar-refractivity contribution in [2.24, 2.45) is 0 Å². The number of allylic oxidation sites excluding steroid dienone is 13. The van der Waals surface area contributed by atoms with Crippen LogP contribution in [0.1, 0.15) is 194 Å². The van der Waals surface area contributed by atoms with Gasteiger partial charge in [-0.1, -0.05) is 195 Å². The number of nitrogens with zero attached hydrogens (tertiary/aromatic N) is 1. The lowest BCUT2D eigenvalue weighted by atomic mass is 10.0. The molecule has 0 amide bonds. The molecule has 0 aromatic rings. The van der Waals surface area contributed by atoms with Crippen molar-refractivity contribution in [1.82, 2.24) is 0 Å². The minimum Gasteiger partial charge on any atom is -0.462 e. The molecule has 0 aliphatic rings. The van der Waals surface area contributed by atoms with Crippen molar-refractivity contribution in [1.29, 1.82) is 0 Å². The van der Waals surface area contributed by atoms with Crippen LogP contribution < -0.4 is 0 Å². The van der Waals surface area contributed by atoms with Crippen LogP contribution in [0.2, 0.25) is 0 Å². The van der Waals surface area contributed by atoms with Crippen LogP contribution in [0, 0.1) is 0 Å². The molecule has 0 aromatic heterocycles. The Balaban J connectivity index is 4.28. The molecule has 0 fully saturated rings. The fourth-order valence-electron chi connectivity index (χ4n) is 6.53. The SMILES string of the molecule is CC/C=C\C/C=C\C/C=C\C/C=C\C/C=C\CC(=O)OC(COC(=O)CCCCCCCCCCCCCCC/C=C\C/C=C\CCCCCCC)COP(=O)(O)OCC[N+](C)(C)C. The zero-order chi connectivity index (χ0) is 47.1. The van der Waals surface area contributed by atoms with Crippen molar-refractivity contribution in [2.45, 2.75) is 200 Å². The van der Waals surface area contributed by atoms with E-state index in [9.17, 15) is 19.0 Å². The highest BCUT2D eigenvalue weighted by Crippen LogP contribution is 2.43. The van der Waals surface area contributed by atoms with Gasteiger partial charge in [0.2, 0.25) is 0 Å². The Kier molecular flexibility index (Phi) is 43.4. The summed E-state index contributed by atoms with van der Waals surface area (Å²) in [6.45, 7) is 4.18. The van der Waals surface area contributed by atoms with Gasteiger partial charge >= 0.3 is 19.8 Å². The molecule has 0 aliphatic heterocycles. The van der Waals surface area contributed by atoms with E-state index in [1.54, 1.807) is 6.08 Å². The number of esters is 2. The summed E-state index contributed by atoms with van der Waals surface area (Å²) in [4.78, 5) is 35.4. The van der Waals surface area contributed by atoms with Crippen molar-refractivity contribution in [2.75, 3.05) is 47.5 Å². The fraction of sp³-hybridized carbons (Fsp3) is 0.704. The molecule has 368 valence electrons. The highest BCUT2D eigenvalue weighted by atomic mass is 31.2. The molecule has 0 heterocycles. The summed E-state index contributed by atoms with van der Waals surface area (Å²) < 4.78 is 34.3. The zero-order valence-corrected chi connectivity index (χ0v) is 42.4. The molecule has 0 spiro atoms. The van der Waals surface area contributed by atoms with E-state index in [4.69, 9.17) is 18.5 Å². The first kappa shape index (κ1) is 61.2. The first-order chi connectivity index (χ1) is 31.0. The topological polar surface area (TPSA) is 108 Å². The summed E-state index contributed by atoms with van der Waals surface area (Å²) >= 11 is 0. The van der Waals surface area contributed by atoms with Crippen LogP contribution in [0.15, 0.2) is 85.1 Å². The van der Waals surface area contributed by atoms with Crippen LogP contribution in [0.3, 0.4) is 0 Å². The van der Waals surface area contributed by atoms with Gasteiger partial charge in [-0.05, 0) is 70.6 Å². The molecule has 9 nitrogen and oxygen atoms in total. The van der Waals surface area contributed by atoms with E-state index < -0.39 is 32.5 Å². The number of unbranched alkanes of at least 4 members (excludes halogenated alkanes) is 18. The Morgan fingerprint density at radius 3 is 1.41 bits per heavy atom. The van der Waals surface area contributed by atoms with E-state index in [2.05, 4.69) is 80.7 Å². The van der Waals surface area contributed by atoms with Gasteiger partial charge in [0, 0.05) is 6.42 Å². The molecule has 2 atom stereocenters. The van der Waals surface area contributed by atoms with E-state index in [1.165, 1.54) is 109 Å². The van der Waals surface area contributed by atoms with Gasteiger partial charge < -0.3 is 18.9 Å². The zero-order valence-electron chi connectivity index (χ0n) is 41.5. The van der Waals surface area contributed by atoms with Crippen molar-refractivity contribution in [3.8, 4) is 0 Å². The summed E-state index contributed by atoms with van der Waals surface area (Å²) in [7, 11) is 1.41. The van der Waals surface area contributed by atoms with Crippen molar-refractivity contribution in [3.05, 3.63) is 85.1 Å². The number of quaternary nitrogens is 1. The Bertz CT molecular complexity index is 1360. The lowest BCUT2D eigenvalue weighted by Crippen LogP contribution is -2.37. The largest absolute Gasteiger partial charge is 0.472 e. The molecule has 0 bridgehead atoms. The lowest BCUT2D eigenvalue weighted by Gasteiger charge is -2.24. The molecular weight excluding hydrogens is 822 g/mol. The highest BCUT2D eigenvalue weighted by Gasteiger charge is 2.27. The Hall–Kier alpha value is -2.81. The molecule has 0 radical (unpaired) electrons. The molecule has 0 saturated heterocycles. The molecule has 10 heteroatoms. The van der Waals surface area contributed by atoms with Crippen LogP contribution in [-0.2, 0) is 32.7 Å². The summed E-state index contributed by atoms with van der Waals surface area (Å²) in [5.41, 5.74) is 0. The summed E-state index contributed by atoms with van der Waals surface area (Å²) in [6.07, 6.45) is 59.7. The van der Waals surface area contributed by atoms with Crippen LogP contribution in [-0.4, -0.2) is 74.9 Å². The minimum absolute atomic E-state index is 0.00501. The van der Waals surface area contributed by atoms with Crippen LogP contribution in [0.25, 0.3) is 0 Å². The van der Waals surface area contributed by atoms with Crippen molar-refractivity contribution >= 4 is 19.8 Å². The van der Waals surface area contributed by atoms with Gasteiger partial charge in [-0.25, -0.2) is 4.57 Å². The summed E-state index contributed by atoms with van der Waals surface area (Å²) in [5, 5.41) is 0. The van der Waals surface area contributed by atoms with E-state index in [0.717, 1.165) is 51.4 Å². The monoisotopic (exact) mass is 917 g/mol. The van der Waals surface area contributed by atoms with Gasteiger partial charge in [-0.2, -0.15) is 0 Å². The molecule has 64 heavy (non-hydrogen) atoms. The number of hydrogen-bond acceptors (Lipinski definition) is 7. The third kappa shape index (κ3) is 48.6. The first-order valence-electron chi connectivity index (χ1n) is 25.3. The normalized spacial score (nSPS) is 14.2. The number of ether oxygens (including phenoxy) is 2. The maximum absolute atomic E-state index is 12.7. The van der Waals surface area contributed by atoms with Gasteiger partial charge in [-0.15, -0.1) is 0 Å². The smallest absolute Gasteiger partial charge is 0.462 e. The Labute approximate surface area is 392 Å². The average molecular weight is 917 g/mol. The molecule has 0 rings (SSSR count). The second-order valence-corrected chi connectivity index (χ2v) is 19.3. The number of rotatable bonds is 45. The molecular formula is C54H95NO8P+. The van der Waals surface area contributed by atoms with Crippen LogP contribution in [0.4, 0.5) is 0 Å². The minimum atomic E-state index is -4.41. The summed E-state index contributed by atoms with van der Waals surface area (Å²) in [6, 6.07) is 0. The standard InChI is InChI=1S/C54H94NO8P/c1-6-8-10-12-14-16-18-20-22-23-24-25-26-27-28-29-30-31-33-34-36-38-40-42-44-46-53(56)60-50-52(51-62-64(58,59)61-49-48-55(3,4)5)63-54(57)47-45-43-41-39-37-35-32-21-19-17-15-13-11-9-7-2/h9,11,15,17-18,20-21,23-24,32,37,39,43,45,52H,6-8,10,12-14,16,19,22,25-31,33-36,38,40-42,44,46-51H2,1-5H3/p+1/b11-9-,17-15-,20-18-,24-23-,32-21-,39-37-,45-43-. The number of hydrogen-bond donors (Lipinski definition) is 1. The Morgan fingerprint density at radius 2 is 0.938 bits per heavy atom. The maximum atomic E-state index is 12.7. The molecule has 0 aromatic carbocycles. The van der Waals surface area contributed by atoms with Crippen LogP contribution >= 0.6 is 7.82 Å². The fourth-order valence-corrected chi connectivity index (χ4v) is 7.27. The van der Waals surface area contributed by atoms with Gasteiger partial charge in [0.1, 0.15) is 19.8 Å². The maximum Gasteiger partial charge on any atom is 0.472 e. The lowest BCUT2D eigenvalue weighted by molar-refractivity contribution is -0.870. The van der Waals surface area contributed by atoms with Crippen LogP contribution in [0.5, 0.6) is 0 Å². The highest BCUT2D eigenvalue weighted by molar-refractivity contribution is 7.47. The number of likely N-dealkylation sites (N-methyl/N-ethyl adjacent to an activating group) is 1. The molecule has 1 N–H and O–H groups in total. The number of phosphoric ester groups is 1. The average Bonchev–Trinajstić information content (AvgIpc) is 3.25. The number of carbonyl (C=O) groups is 2. The van der Waals surface area contributed by atoms with E-state index in [1.807, 2.05) is 33.3 Å². The summed E-state index contributed by atoms with van der Waals surface area (Å²) in [5.74, 6) is -0.950. The second-order valence-electron chi connectivity index (χ2n) is 17.8. The second kappa shape index (κ2) is 45.4. The van der Waals surface area contributed by atoms with Gasteiger partial charge in [-0.3, -0.25) is 18.6 Å².